The molecule has 0 heterocycles. The van der Waals surface area contributed by atoms with E-state index in [9.17, 15) is 0 Å². The Hall–Kier alpha value is -0.163. The second-order valence-electron chi connectivity index (χ2n) is 4.72. The monoisotopic (exact) mass is 272 g/mol. The molecule has 0 N–H and O–H groups in total. The molecule has 0 fully saturated rings. The molecule has 0 aromatic heterocycles. The lowest BCUT2D eigenvalue weighted by atomic mass is 9.90. The Kier molecular flexibility index (Phi) is 9.48. The van der Waals surface area contributed by atoms with Crippen LogP contribution in [0.25, 0.3) is 0 Å². The van der Waals surface area contributed by atoms with Crippen molar-refractivity contribution in [2.75, 3.05) is 19.8 Å². The number of rotatable bonds is 10. The van der Waals surface area contributed by atoms with Crippen LogP contribution in [0.3, 0.4) is 0 Å². The molecule has 4 heteroatoms. The molecule has 0 saturated heterocycles. The third kappa shape index (κ3) is 7.31. The van der Waals surface area contributed by atoms with Crippen LogP contribution < -0.4 is 0 Å². The predicted octanol–water partition coefficient (Wildman–Crippen LogP) is 3.32. The van der Waals surface area contributed by atoms with Crippen molar-refractivity contribution in [1.82, 2.24) is 0 Å². The standard InChI is InChI=1S/C14H28O3Si/c1-3-15-18(16-4-2)17-13-9-8-12-14-10-6-5-7-11-14/h5-6,14,18H,3-4,7-13H2,1-2H3. The fourth-order valence-corrected chi connectivity index (χ4v) is 3.44. The minimum atomic E-state index is -1.82. The molecule has 1 rings (SSSR count). The first-order chi connectivity index (χ1) is 8.86. The highest BCUT2D eigenvalue weighted by molar-refractivity contribution is 6.36. The Morgan fingerprint density at radius 3 is 2.44 bits per heavy atom. The Bertz CT molecular complexity index is 215. The molecule has 1 aliphatic rings. The zero-order valence-corrected chi connectivity index (χ0v) is 13.1. The Morgan fingerprint density at radius 1 is 1.06 bits per heavy atom. The summed E-state index contributed by atoms with van der Waals surface area (Å²) in [6.45, 7) is 6.13. The van der Waals surface area contributed by atoms with Gasteiger partial charge in [-0.25, -0.2) is 0 Å². The van der Waals surface area contributed by atoms with E-state index >= 15 is 0 Å². The maximum absolute atomic E-state index is 5.69. The smallest absolute Gasteiger partial charge is 0.376 e. The first-order valence-electron chi connectivity index (χ1n) is 7.36. The van der Waals surface area contributed by atoms with Crippen molar-refractivity contribution in [3.8, 4) is 0 Å². The lowest BCUT2D eigenvalue weighted by Crippen LogP contribution is -2.27. The van der Waals surface area contributed by atoms with Crippen LogP contribution in [0.4, 0.5) is 0 Å². The summed E-state index contributed by atoms with van der Waals surface area (Å²) in [6.07, 6.45) is 12.3. The van der Waals surface area contributed by atoms with E-state index in [4.69, 9.17) is 13.3 Å². The Labute approximate surface area is 113 Å². The zero-order chi connectivity index (χ0) is 13.1. The molecule has 0 aromatic carbocycles. The van der Waals surface area contributed by atoms with E-state index in [1.54, 1.807) is 0 Å². The van der Waals surface area contributed by atoms with E-state index in [2.05, 4.69) is 12.2 Å². The largest absolute Gasteiger partial charge is 0.484 e. The molecule has 1 atom stereocenters. The fourth-order valence-electron chi connectivity index (χ4n) is 2.25. The molecular formula is C14H28O3Si. The predicted molar refractivity (Wildman–Crippen MR) is 76.7 cm³/mol. The second kappa shape index (κ2) is 10.7. The van der Waals surface area contributed by atoms with Gasteiger partial charge < -0.3 is 13.3 Å². The van der Waals surface area contributed by atoms with Crippen molar-refractivity contribution < 1.29 is 13.3 Å². The van der Waals surface area contributed by atoms with E-state index in [0.29, 0.717) is 13.2 Å². The average molecular weight is 272 g/mol. The molecule has 1 unspecified atom stereocenters. The molecule has 0 aromatic rings. The summed E-state index contributed by atoms with van der Waals surface area (Å²) >= 11 is 0. The third-order valence-corrected chi connectivity index (χ3v) is 4.96. The molecule has 106 valence electrons. The summed E-state index contributed by atoms with van der Waals surface area (Å²) in [7, 11) is -1.82. The van der Waals surface area contributed by atoms with Crippen molar-refractivity contribution in [2.24, 2.45) is 5.92 Å². The molecule has 0 radical (unpaired) electrons. The lowest BCUT2D eigenvalue weighted by Gasteiger charge is -2.18. The van der Waals surface area contributed by atoms with E-state index in [1.165, 1.54) is 32.1 Å². The highest BCUT2D eigenvalue weighted by Crippen LogP contribution is 2.23. The molecule has 18 heavy (non-hydrogen) atoms. The lowest BCUT2D eigenvalue weighted by molar-refractivity contribution is 0.1000. The SMILES string of the molecule is CCO[SiH](OCC)OCCCCC1CC=CCC1. The van der Waals surface area contributed by atoms with Gasteiger partial charge in [0, 0.05) is 19.8 Å². The summed E-state index contributed by atoms with van der Waals surface area (Å²) in [4.78, 5) is 0. The summed E-state index contributed by atoms with van der Waals surface area (Å²) < 4.78 is 16.6. The third-order valence-electron chi connectivity index (χ3n) is 3.24. The molecule has 3 nitrogen and oxygen atoms in total. The van der Waals surface area contributed by atoms with Gasteiger partial charge in [-0.2, -0.15) is 0 Å². The summed E-state index contributed by atoms with van der Waals surface area (Å²) in [6, 6.07) is 0. The van der Waals surface area contributed by atoms with Gasteiger partial charge in [-0.15, -0.1) is 0 Å². The van der Waals surface area contributed by atoms with Gasteiger partial charge in [0.05, 0.1) is 0 Å². The van der Waals surface area contributed by atoms with Crippen LogP contribution in [0, 0.1) is 5.92 Å². The van der Waals surface area contributed by atoms with Gasteiger partial charge in [-0.3, -0.25) is 0 Å². The van der Waals surface area contributed by atoms with Gasteiger partial charge in [-0.1, -0.05) is 25.0 Å². The molecular weight excluding hydrogens is 244 g/mol. The van der Waals surface area contributed by atoms with Gasteiger partial charge in [0.2, 0.25) is 0 Å². The van der Waals surface area contributed by atoms with E-state index in [-0.39, 0.29) is 0 Å². The molecule has 0 bridgehead atoms. The number of allylic oxidation sites excluding steroid dienone is 2. The Morgan fingerprint density at radius 2 is 1.83 bits per heavy atom. The van der Waals surface area contributed by atoms with Crippen molar-refractivity contribution in [2.45, 2.75) is 52.4 Å². The minimum absolute atomic E-state index is 0.686. The van der Waals surface area contributed by atoms with E-state index in [1.807, 2.05) is 13.8 Å². The molecule has 0 spiro atoms. The van der Waals surface area contributed by atoms with Crippen molar-refractivity contribution in [3.05, 3.63) is 12.2 Å². The molecule has 0 amide bonds. The highest BCUT2D eigenvalue weighted by Gasteiger charge is 2.13. The zero-order valence-electron chi connectivity index (χ0n) is 11.9. The van der Waals surface area contributed by atoms with Crippen LogP contribution in [-0.4, -0.2) is 29.3 Å². The topological polar surface area (TPSA) is 27.7 Å². The molecule has 0 saturated carbocycles. The van der Waals surface area contributed by atoms with Gasteiger partial charge in [0.15, 0.2) is 0 Å². The van der Waals surface area contributed by atoms with Crippen molar-refractivity contribution in [3.63, 3.8) is 0 Å². The van der Waals surface area contributed by atoms with E-state index in [0.717, 1.165) is 18.9 Å². The Balaban J connectivity index is 1.97. The van der Waals surface area contributed by atoms with Crippen LogP contribution in [0.5, 0.6) is 0 Å². The number of hydrogen-bond donors (Lipinski definition) is 0. The van der Waals surface area contributed by atoms with Crippen molar-refractivity contribution in [1.29, 1.82) is 0 Å². The van der Waals surface area contributed by atoms with Crippen molar-refractivity contribution >= 4 is 9.53 Å². The highest BCUT2D eigenvalue weighted by atomic mass is 28.3. The van der Waals surface area contributed by atoms with E-state index < -0.39 is 9.53 Å². The molecule has 1 aliphatic carbocycles. The fraction of sp³-hybridized carbons (Fsp3) is 0.857. The maximum atomic E-state index is 5.69. The van der Waals surface area contributed by atoms with Crippen LogP contribution in [0.2, 0.25) is 0 Å². The maximum Gasteiger partial charge on any atom is 0.484 e. The number of unbranched alkanes of at least 4 members (excludes halogenated alkanes) is 1. The van der Waals surface area contributed by atoms with Gasteiger partial charge in [0.25, 0.3) is 0 Å². The summed E-state index contributed by atoms with van der Waals surface area (Å²) in [5.41, 5.74) is 0. The normalized spacial score (nSPS) is 19.6. The second-order valence-corrected chi connectivity index (χ2v) is 6.29. The average Bonchev–Trinajstić information content (AvgIpc) is 2.40. The van der Waals surface area contributed by atoms with Crippen LogP contribution in [0.1, 0.15) is 52.4 Å². The first-order valence-corrected chi connectivity index (χ1v) is 8.78. The molecule has 0 aliphatic heterocycles. The van der Waals surface area contributed by atoms with Crippen LogP contribution in [-0.2, 0) is 13.3 Å². The first kappa shape index (κ1) is 15.9. The summed E-state index contributed by atoms with van der Waals surface area (Å²) in [5, 5.41) is 0. The summed E-state index contributed by atoms with van der Waals surface area (Å²) in [5.74, 6) is 0.904. The quantitative estimate of drug-likeness (QED) is 0.347. The van der Waals surface area contributed by atoms with Gasteiger partial charge in [-0.05, 0) is 45.4 Å². The van der Waals surface area contributed by atoms with Crippen LogP contribution >= 0.6 is 0 Å². The van der Waals surface area contributed by atoms with Gasteiger partial charge >= 0.3 is 9.53 Å². The van der Waals surface area contributed by atoms with Crippen LogP contribution in [0.15, 0.2) is 12.2 Å². The van der Waals surface area contributed by atoms with Gasteiger partial charge in [0.1, 0.15) is 0 Å². The minimum Gasteiger partial charge on any atom is -0.376 e. The number of hydrogen-bond acceptors (Lipinski definition) is 3.